The van der Waals surface area contributed by atoms with Crippen LogP contribution in [-0.2, 0) is 4.79 Å². The molecule has 1 aliphatic heterocycles. The minimum absolute atomic E-state index is 0.0592. The summed E-state index contributed by atoms with van der Waals surface area (Å²) in [5.74, 6) is 3.29. The first-order valence-electron chi connectivity index (χ1n) is 11.1. The molecule has 1 aliphatic carbocycles. The van der Waals surface area contributed by atoms with Gasteiger partial charge in [-0.05, 0) is 63.7 Å². The van der Waals surface area contributed by atoms with Gasteiger partial charge in [-0.3, -0.25) is 9.59 Å². The molecular formula is C25H29N5O2. The van der Waals surface area contributed by atoms with E-state index in [0.717, 1.165) is 54.1 Å². The maximum atomic E-state index is 13.5. The van der Waals surface area contributed by atoms with Gasteiger partial charge in [0, 0.05) is 29.4 Å². The number of H-pyrrole nitrogens is 1. The number of hydrogen-bond donors (Lipinski definition) is 3. The van der Waals surface area contributed by atoms with E-state index in [-0.39, 0.29) is 24.4 Å². The molecule has 1 aromatic heterocycles. The van der Waals surface area contributed by atoms with Gasteiger partial charge in [0.25, 0.3) is 11.8 Å². The average molecular weight is 432 g/mol. The molecule has 32 heavy (non-hydrogen) atoms. The van der Waals surface area contributed by atoms with Crippen LogP contribution < -0.4 is 16.0 Å². The smallest absolute Gasteiger partial charge is 0.259 e. The van der Waals surface area contributed by atoms with Gasteiger partial charge in [0.2, 0.25) is 0 Å². The van der Waals surface area contributed by atoms with E-state index in [1.807, 2.05) is 30.9 Å². The second-order valence-electron chi connectivity index (χ2n) is 8.71. The van der Waals surface area contributed by atoms with Crippen LogP contribution in [0.2, 0.25) is 0 Å². The Bertz CT molecular complexity index is 1120. The molecule has 1 saturated carbocycles. The fraction of sp³-hybridized carbons (Fsp3) is 0.400. The summed E-state index contributed by atoms with van der Waals surface area (Å²) in [4.78, 5) is 35.5. The molecule has 0 atom stereocenters. The van der Waals surface area contributed by atoms with E-state index in [0.29, 0.717) is 23.6 Å². The molecule has 0 unspecified atom stereocenters. The monoisotopic (exact) mass is 431 g/mol. The van der Waals surface area contributed by atoms with Crippen LogP contribution in [0.5, 0.6) is 0 Å². The Balaban J connectivity index is 1.71. The molecule has 0 bridgehead atoms. The summed E-state index contributed by atoms with van der Waals surface area (Å²) in [7, 11) is 0. The van der Waals surface area contributed by atoms with Gasteiger partial charge in [0.1, 0.15) is 5.82 Å². The summed E-state index contributed by atoms with van der Waals surface area (Å²) in [6.07, 6.45) is 11.1. The Hall–Kier alpha value is -3.37. The number of anilines is 1. The molecule has 4 N–H and O–H groups in total. The molecule has 1 fully saturated rings. The van der Waals surface area contributed by atoms with Gasteiger partial charge in [-0.2, -0.15) is 0 Å². The van der Waals surface area contributed by atoms with Crippen molar-refractivity contribution in [2.24, 2.45) is 11.7 Å². The van der Waals surface area contributed by atoms with E-state index in [9.17, 15) is 9.59 Å². The minimum Gasteiger partial charge on any atom is -0.346 e. The second kappa shape index (κ2) is 9.01. The van der Waals surface area contributed by atoms with Crippen molar-refractivity contribution in [2.45, 2.75) is 45.6 Å². The Morgan fingerprint density at radius 1 is 1.34 bits per heavy atom. The number of fused-ring (bicyclic) bond motifs is 1. The van der Waals surface area contributed by atoms with Gasteiger partial charge in [-0.25, -0.2) is 4.98 Å². The third-order valence-electron chi connectivity index (χ3n) is 6.32. The first kappa shape index (κ1) is 21.8. The van der Waals surface area contributed by atoms with Gasteiger partial charge in [0.05, 0.1) is 23.5 Å². The van der Waals surface area contributed by atoms with E-state index < -0.39 is 0 Å². The third-order valence-corrected chi connectivity index (χ3v) is 6.32. The first-order chi connectivity index (χ1) is 15.4. The lowest BCUT2D eigenvalue weighted by molar-refractivity contribution is -0.113. The summed E-state index contributed by atoms with van der Waals surface area (Å²) in [5, 5.41) is 2.69. The highest BCUT2D eigenvalue weighted by molar-refractivity contribution is 6.36. The highest BCUT2D eigenvalue weighted by Gasteiger charge is 2.35. The predicted molar refractivity (Wildman–Crippen MR) is 126 cm³/mol. The van der Waals surface area contributed by atoms with Gasteiger partial charge in [0.15, 0.2) is 0 Å². The number of aromatic nitrogens is 2. The lowest BCUT2D eigenvalue weighted by Gasteiger charge is -2.30. The van der Waals surface area contributed by atoms with Crippen molar-refractivity contribution in [2.75, 3.05) is 18.0 Å². The van der Waals surface area contributed by atoms with E-state index in [2.05, 4.69) is 21.2 Å². The van der Waals surface area contributed by atoms with Crippen LogP contribution in [0.4, 0.5) is 5.69 Å². The number of aromatic amines is 1. The van der Waals surface area contributed by atoms with Crippen LogP contribution >= 0.6 is 0 Å². The van der Waals surface area contributed by atoms with Crippen LogP contribution in [0.15, 0.2) is 18.2 Å². The van der Waals surface area contributed by atoms with Crippen molar-refractivity contribution in [3.8, 4) is 12.3 Å². The van der Waals surface area contributed by atoms with Crippen LogP contribution in [0.1, 0.15) is 58.8 Å². The van der Waals surface area contributed by atoms with Crippen LogP contribution in [0.25, 0.3) is 11.6 Å². The Labute approximate surface area is 188 Å². The number of carbonyl (C=O) groups is 2. The molecule has 1 aromatic carbocycles. The van der Waals surface area contributed by atoms with Crippen molar-refractivity contribution in [1.82, 2.24) is 15.3 Å². The van der Waals surface area contributed by atoms with Crippen molar-refractivity contribution in [1.29, 1.82) is 0 Å². The fourth-order valence-corrected chi connectivity index (χ4v) is 4.58. The number of carbonyl (C=O) groups excluding carboxylic acids is 2. The number of imidazole rings is 1. The molecule has 0 spiro atoms. The zero-order chi connectivity index (χ0) is 22.8. The maximum Gasteiger partial charge on any atom is 0.259 e. The first-order valence-corrected chi connectivity index (χ1v) is 11.1. The van der Waals surface area contributed by atoms with E-state index in [1.54, 1.807) is 12.1 Å². The van der Waals surface area contributed by atoms with Gasteiger partial charge in [-0.1, -0.05) is 12.0 Å². The number of nitrogens with zero attached hydrogens (tertiary/aromatic N) is 2. The van der Waals surface area contributed by atoms with Gasteiger partial charge in [-0.15, -0.1) is 6.42 Å². The fourth-order valence-electron chi connectivity index (χ4n) is 4.58. The summed E-state index contributed by atoms with van der Waals surface area (Å²) in [6, 6.07) is 5.62. The Morgan fingerprint density at radius 2 is 2.09 bits per heavy atom. The lowest BCUT2D eigenvalue weighted by atomic mass is 9.86. The van der Waals surface area contributed by atoms with Gasteiger partial charge >= 0.3 is 0 Å². The SMILES string of the molecule is C#CCNC(=O)c1ccc2c(c1)N(CC1CCC(N)CC1)C(=O)/C2=C\c1nc(C)[nH]c1C. The highest BCUT2D eigenvalue weighted by atomic mass is 16.2. The van der Waals surface area contributed by atoms with Crippen LogP contribution in [-0.4, -0.2) is 40.9 Å². The number of benzene rings is 1. The molecule has 2 amide bonds. The normalized spacial score (nSPS) is 21.5. The molecule has 166 valence electrons. The average Bonchev–Trinajstić information content (AvgIpc) is 3.23. The molecule has 7 nitrogen and oxygen atoms in total. The molecule has 0 saturated heterocycles. The number of nitrogens with two attached hydrogens (primary N) is 1. The zero-order valence-electron chi connectivity index (χ0n) is 18.6. The summed E-state index contributed by atoms with van der Waals surface area (Å²) < 4.78 is 0. The zero-order valence-corrected chi connectivity index (χ0v) is 18.6. The molecular weight excluding hydrogens is 402 g/mol. The third kappa shape index (κ3) is 4.32. The number of nitrogens with one attached hydrogen (secondary N) is 2. The molecule has 2 aromatic rings. The summed E-state index contributed by atoms with van der Waals surface area (Å²) in [5.41, 5.74) is 10.4. The minimum atomic E-state index is -0.252. The maximum absolute atomic E-state index is 13.5. The Morgan fingerprint density at radius 3 is 2.75 bits per heavy atom. The number of aryl methyl sites for hydroxylation is 2. The summed E-state index contributed by atoms with van der Waals surface area (Å²) >= 11 is 0. The molecule has 7 heteroatoms. The van der Waals surface area contributed by atoms with Crippen LogP contribution in [0, 0.1) is 32.1 Å². The van der Waals surface area contributed by atoms with Gasteiger partial charge < -0.3 is 20.9 Å². The van der Waals surface area contributed by atoms with Crippen molar-refractivity contribution < 1.29 is 9.59 Å². The molecule has 2 aliphatic rings. The van der Waals surface area contributed by atoms with E-state index >= 15 is 0 Å². The van der Waals surface area contributed by atoms with Crippen molar-refractivity contribution >= 4 is 29.2 Å². The summed E-state index contributed by atoms with van der Waals surface area (Å²) in [6.45, 7) is 4.60. The van der Waals surface area contributed by atoms with Crippen LogP contribution in [0.3, 0.4) is 0 Å². The molecule has 0 radical (unpaired) electrons. The van der Waals surface area contributed by atoms with Crippen molar-refractivity contribution in [3.63, 3.8) is 0 Å². The number of terminal acetylenes is 1. The number of hydrogen-bond acceptors (Lipinski definition) is 4. The topological polar surface area (TPSA) is 104 Å². The number of amides is 2. The molecule has 2 heterocycles. The lowest BCUT2D eigenvalue weighted by Crippen LogP contribution is -2.36. The Kier molecular flexibility index (Phi) is 6.15. The highest BCUT2D eigenvalue weighted by Crippen LogP contribution is 2.40. The van der Waals surface area contributed by atoms with E-state index in [4.69, 9.17) is 12.2 Å². The second-order valence-corrected chi connectivity index (χ2v) is 8.71. The number of rotatable bonds is 5. The van der Waals surface area contributed by atoms with Crippen molar-refractivity contribution in [3.05, 3.63) is 46.5 Å². The predicted octanol–water partition coefficient (Wildman–Crippen LogP) is 2.79. The molecule has 4 rings (SSSR count). The standard InChI is InChI=1S/C25H29N5O2/c1-4-11-27-24(31)18-7-10-20-21(13-22-15(2)28-16(3)29-22)25(32)30(23(20)12-18)14-17-5-8-19(26)9-6-17/h1,7,10,12-13,17,19H,5-6,8-9,11,14,26H2,2-3H3,(H,27,31)(H,28,29)/b21-13-. The van der Waals surface area contributed by atoms with E-state index in [1.165, 1.54) is 0 Å². The largest absolute Gasteiger partial charge is 0.346 e. The quantitative estimate of drug-likeness (QED) is 0.500.